The molecule has 0 radical (unpaired) electrons. The molecule has 8 nitrogen and oxygen atoms in total. The van der Waals surface area contributed by atoms with E-state index in [0.29, 0.717) is 0 Å². The largest absolute Gasteiger partial charge is 0.462 e. The van der Waals surface area contributed by atoms with Gasteiger partial charge in [-0.15, -0.1) is 0 Å². The number of esters is 1. The Morgan fingerprint density at radius 2 is 1.83 bits per heavy atom. The van der Waals surface area contributed by atoms with Crippen molar-refractivity contribution in [3.63, 3.8) is 0 Å². The summed E-state index contributed by atoms with van der Waals surface area (Å²) in [6, 6.07) is -0.886. The standard InChI is InChI=1S/C14H30N2O6S/c1-10(14(2,3)4)22-11(7-16-23(6,18)19)8-21-13(17)12(15)9-20-5/h10-12,16H,7-9,15H2,1-6H3/t10-,11-,12-/m0/s1. The number of ether oxygens (including phenoxy) is 3. The second-order valence-corrected chi connectivity index (χ2v) is 8.41. The molecule has 0 saturated carbocycles. The van der Waals surface area contributed by atoms with E-state index in [1.54, 1.807) is 0 Å². The molecular weight excluding hydrogens is 324 g/mol. The van der Waals surface area contributed by atoms with E-state index in [0.717, 1.165) is 6.26 Å². The topological polar surface area (TPSA) is 117 Å². The third-order valence-corrected chi connectivity index (χ3v) is 3.94. The third-order valence-electron chi connectivity index (χ3n) is 3.25. The maximum Gasteiger partial charge on any atom is 0.325 e. The molecule has 0 fully saturated rings. The van der Waals surface area contributed by atoms with E-state index in [1.165, 1.54) is 7.11 Å². The van der Waals surface area contributed by atoms with Crippen molar-refractivity contribution in [2.75, 3.05) is 33.1 Å². The molecule has 0 aliphatic heterocycles. The van der Waals surface area contributed by atoms with E-state index in [-0.39, 0.29) is 31.3 Å². The lowest BCUT2D eigenvalue weighted by atomic mass is 9.90. The Kier molecular flexibility index (Phi) is 9.22. The zero-order chi connectivity index (χ0) is 18.3. The molecule has 3 atom stereocenters. The van der Waals surface area contributed by atoms with Crippen LogP contribution in [0, 0.1) is 5.41 Å². The van der Waals surface area contributed by atoms with E-state index in [2.05, 4.69) is 4.72 Å². The summed E-state index contributed by atoms with van der Waals surface area (Å²) in [6.45, 7) is 7.83. The van der Waals surface area contributed by atoms with Crippen LogP contribution in [0.1, 0.15) is 27.7 Å². The molecule has 9 heteroatoms. The number of rotatable bonds is 10. The fraction of sp³-hybridized carbons (Fsp3) is 0.929. The van der Waals surface area contributed by atoms with Crippen LogP contribution in [0.15, 0.2) is 0 Å². The number of hydrogen-bond donors (Lipinski definition) is 2. The van der Waals surface area contributed by atoms with E-state index >= 15 is 0 Å². The fourth-order valence-corrected chi connectivity index (χ4v) is 1.90. The monoisotopic (exact) mass is 354 g/mol. The van der Waals surface area contributed by atoms with Crippen LogP contribution in [0.2, 0.25) is 0 Å². The van der Waals surface area contributed by atoms with Gasteiger partial charge in [-0.25, -0.2) is 13.1 Å². The van der Waals surface area contributed by atoms with Crippen molar-refractivity contribution in [3.8, 4) is 0 Å². The van der Waals surface area contributed by atoms with Gasteiger partial charge in [0.15, 0.2) is 0 Å². The van der Waals surface area contributed by atoms with Crippen LogP contribution in [0.4, 0.5) is 0 Å². The van der Waals surface area contributed by atoms with Crippen LogP contribution in [-0.2, 0) is 29.0 Å². The summed E-state index contributed by atoms with van der Waals surface area (Å²) in [6.07, 6.45) is 0.274. The van der Waals surface area contributed by atoms with Crippen LogP contribution >= 0.6 is 0 Å². The maximum absolute atomic E-state index is 11.7. The number of carbonyl (C=O) groups excluding carboxylic acids is 1. The number of nitrogens with two attached hydrogens (primary N) is 1. The van der Waals surface area contributed by atoms with Crippen LogP contribution < -0.4 is 10.5 Å². The van der Waals surface area contributed by atoms with Gasteiger partial charge in [-0.3, -0.25) is 4.79 Å². The highest BCUT2D eigenvalue weighted by atomic mass is 32.2. The summed E-state index contributed by atoms with van der Waals surface area (Å²) in [7, 11) is -1.94. The Balaban J connectivity index is 4.69. The van der Waals surface area contributed by atoms with E-state index in [1.807, 2.05) is 27.7 Å². The number of carbonyl (C=O) groups is 1. The number of sulfonamides is 1. The second-order valence-electron chi connectivity index (χ2n) is 6.58. The number of hydrogen-bond acceptors (Lipinski definition) is 7. The first kappa shape index (κ1) is 22.3. The van der Waals surface area contributed by atoms with Crippen molar-refractivity contribution in [3.05, 3.63) is 0 Å². The van der Waals surface area contributed by atoms with Gasteiger partial charge in [-0.1, -0.05) is 20.8 Å². The molecule has 3 N–H and O–H groups in total. The molecule has 0 aromatic rings. The molecule has 0 saturated heterocycles. The molecule has 0 heterocycles. The Morgan fingerprint density at radius 3 is 2.26 bits per heavy atom. The highest BCUT2D eigenvalue weighted by Crippen LogP contribution is 2.22. The minimum absolute atomic E-state index is 0.00600. The molecule has 0 aromatic carbocycles. The quantitative estimate of drug-likeness (QED) is 0.525. The van der Waals surface area contributed by atoms with E-state index < -0.39 is 28.1 Å². The zero-order valence-corrected chi connectivity index (χ0v) is 15.6. The minimum atomic E-state index is -3.37. The van der Waals surface area contributed by atoms with Gasteiger partial charge in [-0.2, -0.15) is 0 Å². The Bertz CT molecular complexity index is 460. The van der Waals surface area contributed by atoms with Crippen molar-refractivity contribution in [1.29, 1.82) is 0 Å². The minimum Gasteiger partial charge on any atom is -0.462 e. The van der Waals surface area contributed by atoms with Gasteiger partial charge in [0.25, 0.3) is 0 Å². The lowest BCUT2D eigenvalue weighted by molar-refractivity contribution is -0.153. The average molecular weight is 354 g/mol. The lowest BCUT2D eigenvalue weighted by Crippen LogP contribution is -2.43. The Morgan fingerprint density at radius 1 is 1.26 bits per heavy atom. The molecule has 0 aliphatic carbocycles. The highest BCUT2D eigenvalue weighted by molar-refractivity contribution is 7.88. The van der Waals surface area contributed by atoms with Gasteiger partial charge < -0.3 is 19.9 Å². The van der Waals surface area contributed by atoms with Crippen molar-refractivity contribution >= 4 is 16.0 Å². The number of nitrogens with one attached hydrogen (secondary N) is 1. The van der Waals surface area contributed by atoms with Gasteiger partial charge in [0.1, 0.15) is 18.8 Å². The zero-order valence-electron chi connectivity index (χ0n) is 14.8. The van der Waals surface area contributed by atoms with Crippen LogP contribution in [-0.4, -0.2) is 65.8 Å². The summed E-state index contributed by atoms with van der Waals surface area (Å²) < 4.78 is 40.5. The van der Waals surface area contributed by atoms with Crippen molar-refractivity contribution in [1.82, 2.24) is 4.72 Å². The predicted molar refractivity (Wildman–Crippen MR) is 87.4 cm³/mol. The summed E-state index contributed by atoms with van der Waals surface area (Å²) in [5.74, 6) is -0.622. The Labute approximate surface area is 139 Å². The third kappa shape index (κ3) is 10.6. The molecule has 138 valence electrons. The molecule has 0 amide bonds. The molecule has 0 aromatic heterocycles. The van der Waals surface area contributed by atoms with Crippen LogP contribution in [0.5, 0.6) is 0 Å². The summed E-state index contributed by atoms with van der Waals surface area (Å²) in [4.78, 5) is 11.7. The fourth-order valence-electron chi connectivity index (χ4n) is 1.41. The van der Waals surface area contributed by atoms with Crippen molar-refractivity contribution in [2.45, 2.75) is 45.9 Å². The van der Waals surface area contributed by atoms with Crippen molar-refractivity contribution in [2.24, 2.45) is 11.1 Å². The van der Waals surface area contributed by atoms with Gasteiger partial charge in [0, 0.05) is 13.7 Å². The van der Waals surface area contributed by atoms with Gasteiger partial charge in [-0.05, 0) is 12.3 Å². The first-order chi connectivity index (χ1) is 10.4. The SMILES string of the molecule is COC[C@H](N)C(=O)OC[C@H](CNS(C)(=O)=O)O[C@@H](C)C(C)(C)C. The number of methoxy groups -OCH3 is 1. The van der Waals surface area contributed by atoms with Crippen molar-refractivity contribution < 1.29 is 27.4 Å². The maximum atomic E-state index is 11.7. The molecule has 0 bridgehead atoms. The first-order valence-corrected chi connectivity index (χ1v) is 9.27. The van der Waals surface area contributed by atoms with Gasteiger partial charge in [0.2, 0.25) is 10.0 Å². The lowest BCUT2D eigenvalue weighted by Gasteiger charge is -2.31. The highest BCUT2D eigenvalue weighted by Gasteiger charge is 2.26. The molecule has 0 rings (SSSR count). The normalized spacial score (nSPS) is 16.7. The second kappa shape index (κ2) is 9.53. The molecule has 0 unspecified atom stereocenters. The summed E-state index contributed by atoms with van der Waals surface area (Å²) in [5.41, 5.74) is 5.44. The molecular formula is C14H30N2O6S. The average Bonchev–Trinajstić information content (AvgIpc) is 2.39. The van der Waals surface area contributed by atoms with Gasteiger partial charge in [0.05, 0.1) is 19.0 Å². The van der Waals surface area contributed by atoms with Crippen LogP contribution in [0.3, 0.4) is 0 Å². The molecule has 23 heavy (non-hydrogen) atoms. The first-order valence-electron chi connectivity index (χ1n) is 7.38. The molecule has 0 spiro atoms. The summed E-state index contributed by atoms with van der Waals surface area (Å²) >= 11 is 0. The Hall–Kier alpha value is -0.740. The van der Waals surface area contributed by atoms with Gasteiger partial charge >= 0.3 is 5.97 Å². The van der Waals surface area contributed by atoms with Crippen LogP contribution in [0.25, 0.3) is 0 Å². The summed E-state index contributed by atoms with van der Waals surface area (Å²) in [5, 5.41) is 0. The molecule has 0 aliphatic rings. The van der Waals surface area contributed by atoms with E-state index in [4.69, 9.17) is 19.9 Å². The van der Waals surface area contributed by atoms with E-state index in [9.17, 15) is 13.2 Å². The smallest absolute Gasteiger partial charge is 0.325 e. The predicted octanol–water partition coefficient (Wildman–Crippen LogP) is -0.128.